The Hall–Kier alpha value is -1.22. The SMILES string of the molecule is Cc1cc(Cl)ccc1OCC(=O)N(C)C(C)C. The van der Waals surface area contributed by atoms with Crippen LogP contribution in [0, 0.1) is 6.92 Å². The Morgan fingerprint density at radius 3 is 2.65 bits per heavy atom. The van der Waals surface area contributed by atoms with E-state index in [4.69, 9.17) is 16.3 Å². The molecule has 0 atom stereocenters. The van der Waals surface area contributed by atoms with Crippen LogP contribution in [0.2, 0.25) is 5.02 Å². The number of aryl methyl sites for hydroxylation is 1. The molecule has 0 aliphatic heterocycles. The second-order valence-electron chi connectivity index (χ2n) is 4.30. The highest BCUT2D eigenvalue weighted by molar-refractivity contribution is 6.30. The molecule has 17 heavy (non-hydrogen) atoms. The molecular weight excluding hydrogens is 238 g/mol. The van der Waals surface area contributed by atoms with E-state index in [1.165, 1.54) is 0 Å². The zero-order valence-electron chi connectivity index (χ0n) is 10.7. The fourth-order valence-electron chi connectivity index (χ4n) is 1.30. The van der Waals surface area contributed by atoms with Crippen LogP contribution in [0.15, 0.2) is 18.2 Å². The summed E-state index contributed by atoms with van der Waals surface area (Å²) in [5.41, 5.74) is 0.928. The normalized spacial score (nSPS) is 10.5. The van der Waals surface area contributed by atoms with Crippen molar-refractivity contribution in [2.24, 2.45) is 0 Å². The lowest BCUT2D eigenvalue weighted by atomic mass is 10.2. The molecule has 0 unspecified atom stereocenters. The number of likely N-dealkylation sites (N-methyl/N-ethyl adjacent to an activating group) is 1. The van der Waals surface area contributed by atoms with Crippen LogP contribution in [-0.4, -0.2) is 30.5 Å². The Bertz CT molecular complexity index is 404. The molecule has 0 aromatic heterocycles. The fraction of sp³-hybridized carbons (Fsp3) is 0.462. The molecule has 0 fully saturated rings. The molecule has 0 aliphatic carbocycles. The van der Waals surface area contributed by atoms with Crippen molar-refractivity contribution in [2.75, 3.05) is 13.7 Å². The summed E-state index contributed by atoms with van der Waals surface area (Å²) in [6.07, 6.45) is 0. The van der Waals surface area contributed by atoms with Gasteiger partial charge in [-0.05, 0) is 44.5 Å². The van der Waals surface area contributed by atoms with Gasteiger partial charge in [-0.25, -0.2) is 0 Å². The number of carbonyl (C=O) groups is 1. The highest BCUT2D eigenvalue weighted by atomic mass is 35.5. The number of carbonyl (C=O) groups excluding carboxylic acids is 1. The van der Waals surface area contributed by atoms with Gasteiger partial charge in [-0.1, -0.05) is 11.6 Å². The quantitative estimate of drug-likeness (QED) is 0.828. The molecule has 0 saturated heterocycles. The molecule has 0 saturated carbocycles. The van der Waals surface area contributed by atoms with E-state index in [1.54, 1.807) is 24.1 Å². The predicted octanol–water partition coefficient (Wildman–Crippen LogP) is 2.89. The molecule has 0 aliphatic rings. The zero-order valence-corrected chi connectivity index (χ0v) is 11.4. The molecule has 0 bridgehead atoms. The number of ether oxygens (including phenoxy) is 1. The lowest BCUT2D eigenvalue weighted by Gasteiger charge is -2.21. The van der Waals surface area contributed by atoms with E-state index in [0.29, 0.717) is 10.8 Å². The van der Waals surface area contributed by atoms with Crippen LogP contribution in [0.25, 0.3) is 0 Å². The van der Waals surface area contributed by atoms with Crippen molar-refractivity contribution >= 4 is 17.5 Å². The van der Waals surface area contributed by atoms with Crippen LogP contribution in [0.1, 0.15) is 19.4 Å². The van der Waals surface area contributed by atoms with Gasteiger partial charge in [0.1, 0.15) is 5.75 Å². The summed E-state index contributed by atoms with van der Waals surface area (Å²) in [5.74, 6) is 0.661. The molecule has 1 amide bonds. The number of amides is 1. The van der Waals surface area contributed by atoms with Crippen molar-refractivity contribution < 1.29 is 9.53 Å². The smallest absolute Gasteiger partial charge is 0.260 e. The summed E-state index contributed by atoms with van der Waals surface area (Å²) in [7, 11) is 1.77. The standard InChI is InChI=1S/C13H18ClNO2/c1-9(2)15(4)13(16)8-17-12-6-5-11(14)7-10(12)3/h5-7,9H,8H2,1-4H3. The van der Waals surface area contributed by atoms with E-state index < -0.39 is 0 Å². The maximum atomic E-state index is 11.7. The lowest BCUT2D eigenvalue weighted by molar-refractivity contribution is -0.133. The molecule has 3 nitrogen and oxygen atoms in total. The van der Waals surface area contributed by atoms with Gasteiger partial charge in [0.15, 0.2) is 6.61 Å². The molecule has 94 valence electrons. The van der Waals surface area contributed by atoms with Crippen LogP contribution < -0.4 is 4.74 Å². The number of hydrogen-bond acceptors (Lipinski definition) is 2. The van der Waals surface area contributed by atoms with Crippen molar-refractivity contribution in [3.05, 3.63) is 28.8 Å². The molecule has 1 aromatic carbocycles. The lowest BCUT2D eigenvalue weighted by Crippen LogP contribution is -2.36. The Labute approximate surface area is 107 Å². The molecule has 0 N–H and O–H groups in total. The third kappa shape index (κ3) is 3.93. The molecule has 0 spiro atoms. The van der Waals surface area contributed by atoms with Gasteiger partial charge in [-0.15, -0.1) is 0 Å². The van der Waals surface area contributed by atoms with Crippen LogP contribution in [-0.2, 0) is 4.79 Å². The summed E-state index contributed by atoms with van der Waals surface area (Å²) < 4.78 is 5.48. The van der Waals surface area contributed by atoms with E-state index in [-0.39, 0.29) is 18.6 Å². The van der Waals surface area contributed by atoms with Gasteiger partial charge >= 0.3 is 0 Å². The van der Waals surface area contributed by atoms with Crippen LogP contribution in [0.5, 0.6) is 5.75 Å². The predicted molar refractivity (Wildman–Crippen MR) is 69.6 cm³/mol. The van der Waals surface area contributed by atoms with Gasteiger partial charge in [0, 0.05) is 18.1 Å². The van der Waals surface area contributed by atoms with Crippen molar-refractivity contribution in [3.8, 4) is 5.75 Å². The maximum absolute atomic E-state index is 11.7. The molecule has 1 rings (SSSR count). The maximum Gasteiger partial charge on any atom is 0.260 e. The second-order valence-corrected chi connectivity index (χ2v) is 4.73. The Morgan fingerprint density at radius 1 is 1.47 bits per heavy atom. The van der Waals surface area contributed by atoms with E-state index >= 15 is 0 Å². The second kappa shape index (κ2) is 5.92. The summed E-state index contributed by atoms with van der Waals surface area (Å²) >= 11 is 5.84. The number of benzene rings is 1. The minimum atomic E-state index is -0.0330. The van der Waals surface area contributed by atoms with Gasteiger partial charge in [-0.3, -0.25) is 4.79 Å². The summed E-state index contributed by atoms with van der Waals surface area (Å²) in [6.45, 7) is 5.88. The molecular formula is C13H18ClNO2. The van der Waals surface area contributed by atoms with Crippen molar-refractivity contribution in [1.29, 1.82) is 0 Å². The molecule has 0 radical (unpaired) electrons. The molecule has 1 aromatic rings. The Morgan fingerprint density at radius 2 is 2.12 bits per heavy atom. The zero-order chi connectivity index (χ0) is 13.0. The van der Waals surface area contributed by atoms with Gasteiger partial charge in [-0.2, -0.15) is 0 Å². The third-order valence-corrected chi connectivity index (χ3v) is 2.89. The van der Waals surface area contributed by atoms with Crippen molar-refractivity contribution in [1.82, 2.24) is 4.90 Å². The number of hydrogen-bond donors (Lipinski definition) is 0. The topological polar surface area (TPSA) is 29.5 Å². The van der Waals surface area contributed by atoms with E-state index in [2.05, 4.69) is 0 Å². The monoisotopic (exact) mass is 255 g/mol. The van der Waals surface area contributed by atoms with E-state index in [0.717, 1.165) is 5.56 Å². The summed E-state index contributed by atoms with van der Waals surface area (Å²) in [6, 6.07) is 5.52. The number of rotatable bonds is 4. The van der Waals surface area contributed by atoms with E-state index in [9.17, 15) is 4.79 Å². The first-order valence-corrected chi connectivity index (χ1v) is 5.94. The van der Waals surface area contributed by atoms with E-state index in [1.807, 2.05) is 26.8 Å². The van der Waals surface area contributed by atoms with Gasteiger partial charge in [0.05, 0.1) is 0 Å². The average molecular weight is 256 g/mol. The van der Waals surface area contributed by atoms with Gasteiger partial charge in [0.2, 0.25) is 0 Å². The first-order valence-electron chi connectivity index (χ1n) is 5.56. The van der Waals surface area contributed by atoms with Crippen LogP contribution in [0.3, 0.4) is 0 Å². The minimum Gasteiger partial charge on any atom is -0.483 e. The highest BCUT2D eigenvalue weighted by Gasteiger charge is 2.12. The van der Waals surface area contributed by atoms with Crippen molar-refractivity contribution in [3.63, 3.8) is 0 Å². The highest BCUT2D eigenvalue weighted by Crippen LogP contribution is 2.21. The average Bonchev–Trinajstić information content (AvgIpc) is 2.26. The number of nitrogens with zero attached hydrogens (tertiary/aromatic N) is 1. The molecule has 4 heteroatoms. The molecule has 0 heterocycles. The minimum absolute atomic E-state index is 0.0330. The number of halogens is 1. The largest absolute Gasteiger partial charge is 0.483 e. The Kier molecular flexibility index (Phi) is 4.82. The van der Waals surface area contributed by atoms with Gasteiger partial charge in [0.25, 0.3) is 5.91 Å². The van der Waals surface area contributed by atoms with Crippen LogP contribution in [0.4, 0.5) is 0 Å². The van der Waals surface area contributed by atoms with Crippen LogP contribution >= 0.6 is 11.6 Å². The summed E-state index contributed by atoms with van der Waals surface area (Å²) in [4.78, 5) is 13.4. The third-order valence-electron chi connectivity index (χ3n) is 2.66. The first-order chi connectivity index (χ1) is 7.91. The fourth-order valence-corrected chi connectivity index (χ4v) is 1.53. The summed E-state index contributed by atoms with van der Waals surface area (Å²) in [5, 5.41) is 0.667. The first kappa shape index (κ1) is 13.8. The van der Waals surface area contributed by atoms with Gasteiger partial charge < -0.3 is 9.64 Å². The van der Waals surface area contributed by atoms with Crippen molar-refractivity contribution in [2.45, 2.75) is 26.8 Å². The Balaban J connectivity index is 2.59.